The molecule has 0 unspecified atom stereocenters. The van der Waals surface area contributed by atoms with Gasteiger partial charge in [0.05, 0.1) is 35.7 Å². The summed E-state index contributed by atoms with van der Waals surface area (Å²) in [6.45, 7) is 1.58. The van der Waals surface area contributed by atoms with Crippen LogP contribution in [0, 0.1) is 0 Å². The van der Waals surface area contributed by atoms with Gasteiger partial charge in [-0.1, -0.05) is 51.7 Å². The van der Waals surface area contributed by atoms with Crippen molar-refractivity contribution in [3.05, 3.63) is 104 Å². The zero-order valence-electron chi connectivity index (χ0n) is 22.4. The van der Waals surface area contributed by atoms with Crippen LogP contribution in [0.1, 0.15) is 19.3 Å². The van der Waals surface area contributed by atoms with Gasteiger partial charge in [0.2, 0.25) is 0 Å². The smallest absolute Gasteiger partial charge is 0.181 e. The molecule has 0 fully saturated rings. The van der Waals surface area contributed by atoms with E-state index in [0.717, 1.165) is 0 Å². The van der Waals surface area contributed by atoms with E-state index < -0.39 is 7.14 Å². The molecule has 3 aromatic carbocycles. The molecule has 0 saturated carbocycles. The predicted octanol–water partition coefficient (Wildman–Crippen LogP) is 6.56. The highest BCUT2D eigenvalue weighted by Crippen LogP contribution is 2.49. The number of hydrogen-bond acceptors (Lipinski definition) is 7. The first kappa shape index (κ1) is 30.8. The molecule has 0 N–H and O–H groups in total. The third-order valence-electron chi connectivity index (χ3n) is 5.78. The number of para-hydroxylation sites is 3. The van der Waals surface area contributed by atoms with Crippen molar-refractivity contribution in [2.75, 3.05) is 39.5 Å². The third kappa shape index (κ3) is 8.60. The number of azide groups is 3. The first-order valence-corrected chi connectivity index (χ1v) is 14.7. The molecule has 0 radical (unpaired) electrons. The molecule has 0 bridgehead atoms. The number of ether oxygens (including phenoxy) is 3. The second kappa shape index (κ2) is 17.0. The minimum absolute atomic E-state index is 0.255. The van der Waals surface area contributed by atoms with Crippen LogP contribution in [0.15, 0.2) is 88.1 Å². The van der Waals surface area contributed by atoms with Crippen LogP contribution >= 0.6 is 7.14 Å². The molecule has 212 valence electrons. The summed E-state index contributed by atoms with van der Waals surface area (Å²) in [6, 6.07) is 21.3. The van der Waals surface area contributed by atoms with Crippen molar-refractivity contribution < 1.29 is 18.8 Å². The molecule has 13 nitrogen and oxygen atoms in total. The van der Waals surface area contributed by atoms with Crippen molar-refractivity contribution in [1.29, 1.82) is 0 Å². The van der Waals surface area contributed by atoms with E-state index in [0.29, 0.717) is 52.4 Å². The van der Waals surface area contributed by atoms with Gasteiger partial charge in [0.25, 0.3) is 0 Å². The Labute approximate surface area is 237 Å². The average Bonchev–Trinajstić information content (AvgIpc) is 3.01. The summed E-state index contributed by atoms with van der Waals surface area (Å²) < 4.78 is 33.9. The molecule has 0 heterocycles. The summed E-state index contributed by atoms with van der Waals surface area (Å²) in [6.07, 6.45) is 1.45. The molecule has 0 saturated heterocycles. The van der Waals surface area contributed by atoms with Crippen LogP contribution < -0.4 is 30.1 Å². The van der Waals surface area contributed by atoms with Gasteiger partial charge in [-0.3, -0.25) is 0 Å². The molecular formula is C27H30N9O4P. The maximum Gasteiger partial charge on any atom is 0.181 e. The summed E-state index contributed by atoms with van der Waals surface area (Å²) in [5.74, 6) is 1.27. The van der Waals surface area contributed by atoms with Crippen LogP contribution in [0.4, 0.5) is 0 Å². The fourth-order valence-electron chi connectivity index (χ4n) is 3.99. The Hall–Kier alpha value is -4.78. The van der Waals surface area contributed by atoms with E-state index in [-0.39, 0.29) is 39.5 Å². The van der Waals surface area contributed by atoms with Crippen molar-refractivity contribution in [2.45, 2.75) is 19.3 Å². The maximum absolute atomic E-state index is 15.6. The second-order valence-electron chi connectivity index (χ2n) is 8.48. The predicted molar refractivity (Wildman–Crippen MR) is 158 cm³/mol. The molecule has 3 aromatic rings. The van der Waals surface area contributed by atoms with E-state index in [1.54, 1.807) is 72.8 Å². The SMILES string of the molecule is [N-]=[N+]=NCCCOc1ccccc1P(=O)(c1ccccc1OCCCN=[N+]=[N-])c1ccccc1OCCCN=[N+]=[N-]. The van der Waals surface area contributed by atoms with Crippen molar-refractivity contribution in [1.82, 2.24) is 0 Å². The fourth-order valence-corrected chi connectivity index (χ4v) is 7.01. The van der Waals surface area contributed by atoms with Crippen LogP contribution in [-0.2, 0) is 4.57 Å². The topological polar surface area (TPSA) is 191 Å². The Morgan fingerprint density at radius 3 is 1.12 bits per heavy atom. The van der Waals surface area contributed by atoms with E-state index in [2.05, 4.69) is 30.1 Å². The quantitative estimate of drug-likeness (QED) is 0.0545. The Morgan fingerprint density at radius 2 is 0.829 bits per heavy atom. The van der Waals surface area contributed by atoms with Crippen LogP contribution in [0.3, 0.4) is 0 Å². The van der Waals surface area contributed by atoms with Crippen LogP contribution in [-0.4, -0.2) is 39.5 Å². The van der Waals surface area contributed by atoms with Crippen LogP contribution in [0.2, 0.25) is 0 Å². The number of nitrogens with zero attached hydrogens (tertiary/aromatic N) is 9. The van der Waals surface area contributed by atoms with Crippen molar-refractivity contribution >= 4 is 23.1 Å². The van der Waals surface area contributed by atoms with E-state index in [4.69, 9.17) is 30.8 Å². The van der Waals surface area contributed by atoms with Gasteiger partial charge in [0.15, 0.2) is 7.14 Å². The summed E-state index contributed by atoms with van der Waals surface area (Å²) in [5, 5.41) is 12.0. The van der Waals surface area contributed by atoms with Gasteiger partial charge in [0.1, 0.15) is 17.2 Å². The zero-order valence-corrected chi connectivity index (χ0v) is 23.3. The standard InChI is InChI=1S/C27H30N9O4P/c28-34-31-16-7-19-38-22-10-1-4-13-25(22)41(37,26-14-5-2-11-23(26)39-20-8-17-32-35-29)27-15-6-3-12-24(27)40-21-9-18-33-36-30/h1-6,10-15H,7-9,16-21H2. The van der Waals surface area contributed by atoms with E-state index in [1.807, 2.05) is 0 Å². The lowest BCUT2D eigenvalue weighted by Crippen LogP contribution is -2.29. The lowest BCUT2D eigenvalue weighted by molar-refractivity contribution is 0.314. The number of benzene rings is 3. The molecule has 3 rings (SSSR count). The van der Waals surface area contributed by atoms with Gasteiger partial charge >= 0.3 is 0 Å². The van der Waals surface area contributed by atoms with Gasteiger partial charge in [-0.2, -0.15) is 0 Å². The van der Waals surface area contributed by atoms with Crippen LogP contribution in [0.25, 0.3) is 31.3 Å². The molecule has 0 atom stereocenters. The Kier molecular flexibility index (Phi) is 12.8. The van der Waals surface area contributed by atoms with Gasteiger partial charge in [-0.25, -0.2) is 0 Å². The maximum atomic E-state index is 15.6. The molecule has 0 aliphatic carbocycles. The minimum atomic E-state index is -3.69. The summed E-state index contributed by atoms with van der Waals surface area (Å²) in [7, 11) is -3.69. The minimum Gasteiger partial charge on any atom is -0.493 e. The highest BCUT2D eigenvalue weighted by Gasteiger charge is 2.37. The third-order valence-corrected chi connectivity index (χ3v) is 8.93. The molecule has 0 spiro atoms. The largest absolute Gasteiger partial charge is 0.493 e. The molecule has 0 aliphatic heterocycles. The molecule has 14 heteroatoms. The number of hydrogen-bond donors (Lipinski definition) is 0. The molecule has 0 amide bonds. The molecule has 0 aromatic heterocycles. The van der Waals surface area contributed by atoms with E-state index in [9.17, 15) is 0 Å². The van der Waals surface area contributed by atoms with Gasteiger partial charge < -0.3 is 18.8 Å². The lowest BCUT2D eigenvalue weighted by atomic mass is 10.3. The normalized spacial score (nSPS) is 11.6. The summed E-state index contributed by atoms with van der Waals surface area (Å²) in [5.41, 5.74) is 25.7. The van der Waals surface area contributed by atoms with Gasteiger partial charge in [-0.15, -0.1) is 0 Å². The summed E-state index contributed by atoms with van der Waals surface area (Å²) in [4.78, 5) is 8.30. The van der Waals surface area contributed by atoms with E-state index >= 15 is 4.57 Å². The lowest BCUT2D eigenvalue weighted by Gasteiger charge is -2.26. The van der Waals surface area contributed by atoms with Gasteiger partial charge in [0, 0.05) is 34.4 Å². The van der Waals surface area contributed by atoms with Crippen molar-refractivity contribution in [2.24, 2.45) is 15.3 Å². The van der Waals surface area contributed by atoms with Gasteiger partial charge in [-0.05, 0) is 72.3 Å². The summed E-state index contributed by atoms with van der Waals surface area (Å²) >= 11 is 0. The highest BCUT2D eigenvalue weighted by atomic mass is 31.2. The van der Waals surface area contributed by atoms with Crippen LogP contribution in [0.5, 0.6) is 17.2 Å². The monoisotopic (exact) mass is 575 g/mol. The van der Waals surface area contributed by atoms with Crippen molar-refractivity contribution in [3.63, 3.8) is 0 Å². The molecular weight excluding hydrogens is 545 g/mol. The fraction of sp³-hybridized carbons (Fsp3) is 0.333. The average molecular weight is 576 g/mol. The Balaban J connectivity index is 2.11. The first-order valence-electron chi connectivity index (χ1n) is 13.0. The second-order valence-corrected chi connectivity index (χ2v) is 11.1. The van der Waals surface area contributed by atoms with Crippen molar-refractivity contribution in [3.8, 4) is 17.2 Å². The Bertz CT molecular complexity index is 1310. The number of rotatable bonds is 18. The van der Waals surface area contributed by atoms with E-state index in [1.165, 1.54) is 0 Å². The Morgan fingerprint density at radius 1 is 0.537 bits per heavy atom. The highest BCUT2D eigenvalue weighted by molar-refractivity contribution is 7.85. The first-order chi connectivity index (χ1) is 20.2. The molecule has 0 aliphatic rings. The molecule has 41 heavy (non-hydrogen) atoms. The zero-order chi connectivity index (χ0) is 29.2.